The van der Waals surface area contributed by atoms with Gasteiger partial charge in [0.1, 0.15) is 0 Å². The van der Waals surface area contributed by atoms with Crippen LogP contribution in [-0.2, 0) is 0 Å². The Bertz CT molecular complexity index is 537. The monoisotopic (exact) mass is 264 g/mol. The second-order valence-electron chi connectivity index (χ2n) is 4.79. The molecule has 0 heterocycles. The molecule has 0 radical (unpaired) electrons. The van der Waals surface area contributed by atoms with Crippen LogP contribution in [0.15, 0.2) is 42.5 Å². The maximum atomic E-state index is 12.3. The number of hydrogen-bond acceptors (Lipinski definition) is 2. The number of nitrogens with zero attached hydrogens (tertiary/aromatic N) is 1. The van der Waals surface area contributed by atoms with Gasteiger partial charge in [-0.1, -0.05) is 42.5 Å². The van der Waals surface area contributed by atoms with Crippen LogP contribution in [0.25, 0.3) is 10.8 Å². The molecule has 2 N–H and O–H groups in total. The van der Waals surface area contributed by atoms with E-state index in [4.69, 9.17) is 5.73 Å². The smallest absolute Gasteiger partial charge is 0.251 e. The van der Waals surface area contributed by atoms with Gasteiger partial charge in [-0.15, -0.1) is 0 Å². The van der Waals surface area contributed by atoms with Crippen molar-refractivity contribution in [1.82, 2.24) is 4.90 Å². The number of benzene rings is 2. The molecule has 102 valence electrons. The van der Waals surface area contributed by atoms with Crippen molar-refractivity contribution in [2.75, 3.05) is 20.1 Å². The number of alkyl halides is 2. The molecule has 0 spiro atoms. The first kappa shape index (κ1) is 13.9. The van der Waals surface area contributed by atoms with Crippen LogP contribution in [0.3, 0.4) is 0 Å². The van der Waals surface area contributed by atoms with Gasteiger partial charge in [0, 0.05) is 12.6 Å². The van der Waals surface area contributed by atoms with E-state index >= 15 is 0 Å². The highest BCUT2D eigenvalue weighted by atomic mass is 19.3. The molecule has 0 aliphatic heterocycles. The van der Waals surface area contributed by atoms with Gasteiger partial charge in [-0.2, -0.15) is 0 Å². The number of halogens is 2. The van der Waals surface area contributed by atoms with E-state index in [9.17, 15) is 8.78 Å². The Balaban J connectivity index is 2.19. The molecule has 0 aliphatic rings. The summed E-state index contributed by atoms with van der Waals surface area (Å²) in [5.74, 6) is 0. The van der Waals surface area contributed by atoms with E-state index in [2.05, 4.69) is 0 Å². The summed E-state index contributed by atoms with van der Waals surface area (Å²) in [7, 11) is 1.66. The van der Waals surface area contributed by atoms with Crippen molar-refractivity contribution in [3.63, 3.8) is 0 Å². The Hall–Kier alpha value is -1.52. The number of hydrogen-bond donors (Lipinski definition) is 1. The van der Waals surface area contributed by atoms with Crippen molar-refractivity contribution in [2.24, 2.45) is 5.73 Å². The molecule has 0 amide bonds. The van der Waals surface area contributed by atoms with Crippen LogP contribution in [0.1, 0.15) is 11.6 Å². The highest BCUT2D eigenvalue weighted by Gasteiger charge is 2.14. The number of nitrogens with two attached hydrogens (primary N) is 1. The summed E-state index contributed by atoms with van der Waals surface area (Å²) < 4.78 is 24.6. The van der Waals surface area contributed by atoms with Gasteiger partial charge in [-0.25, -0.2) is 8.78 Å². The lowest BCUT2D eigenvalue weighted by molar-refractivity contribution is 0.0979. The average Bonchev–Trinajstić information content (AvgIpc) is 2.36. The van der Waals surface area contributed by atoms with E-state index in [-0.39, 0.29) is 12.6 Å². The molecule has 0 aromatic heterocycles. The minimum Gasteiger partial charge on any atom is -0.323 e. The highest BCUT2D eigenvalue weighted by molar-refractivity contribution is 5.86. The minimum atomic E-state index is -2.33. The number of likely N-dealkylation sites (N-methyl/N-ethyl adjacent to an activating group) is 1. The summed E-state index contributed by atoms with van der Waals surface area (Å²) in [4.78, 5) is 1.57. The molecule has 0 bridgehead atoms. The van der Waals surface area contributed by atoms with Gasteiger partial charge >= 0.3 is 0 Å². The van der Waals surface area contributed by atoms with Crippen LogP contribution in [0.4, 0.5) is 8.78 Å². The molecule has 2 rings (SSSR count). The van der Waals surface area contributed by atoms with Crippen molar-refractivity contribution in [2.45, 2.75) is 12.5 Å². The van der Waals surface area contributed by atoms with Crippen LogP contribution in [-0.4, -0.2) is 31.5 Å². The summed E-state index contributed by atoms with van der Waals surface area (Å²) in [6.07, 6.45) is -2.33. The van der Waals surface area contributed by atoms with Gasteiger partial charge < -0.3 is 5.73 Å². The van der Waals surface area contributed by atoms with Gasteiger partial charge in [-0.05, 0) is 23.4 Å². The quantitative estimate of drug-likeness (QED) is 0.899. The van der Waals surface area contributed by atoms with Crippen LogP contribution in [0.5, 0.6) is 0 Å². The SMILES string of the molecule is CN(CC(F)F)CC(N)c1cccc2ccccc12. The zero-order valence-corrected chi connectivity index (χ0v) is 10.9. The van der Waals surface area contributed by atoms with Crippen molar-refractivity contribution < 1.29 is 8.78 Å². The fraction of sp³-hybridized carbons (Fsp3) is 0.333. The minimum absolute atomic E-state index is 0.252. The lowest BCUT2D eigenvalue weighted by Gasteiger charge is -2.22. The lowest BCUT2D eigenvalue weighted by Crippen LogP contribution is -2.32. The standard InChI is InChI=1S/C15H18F2N2/c1-19(10-15(16)17)9-14(18)13-8-4-6-11-5-2-3-7-12(11)13/h2-8,14-15H,9-10,18H2,1H3. The largest absolute Gasteiger partial charge is 0.323 e. The molecule has 0 fully saturated rings. The highest BCUT2D eigenvalue weighted by Crippen LogP contribution is 2.23. The second-order valence-corrected chi connectivity index (χ2v) is 4.79. The lowest BCUT2D eigenvalue weighted by atomic mass is 9.99. The van der Waals surface area contributed by atoms with Crippen LogP contribution < -0.4 is 5.73 Å². The fourth-order valence-corrected chi connectivity index (χ4v) is 2.32. The molecule has 0 saturated carbocycles. The van der Waals surface area contributed by atoms with Crippen LogP contribution >= 0.6 is 0 Å². The van der Waals surface area contributed by atoms with E-state index in [1.54, 1.807) is 11.9 Å². The molecular weight excluding hydrogens is 246 g/mol. The third-order valence-electron chi connectivity index (χ3n) is 3.18. The summed E-state index contributed by atoms with van der Waals surface area (Å²) >= 11 is 0. The van der Waals surface area contributed by atoms with Gasteiger partial charge in [0.05, 0.1) is 6.54 Å². The molecule has 19 heavy (non-hydrogen) atoms. The van der Waals surface area contributed by atoms with Gasteiger partial charge in [0.15, 0.2) is 0 Å². The zero-order chi connectivity index (χ0) is 13.8. The maximum Gasteiger partial charge on any atom is 0.251 e. The van der Waals surface area contributed by atoms with Crippen molar-refractivity contribution >= 4 is 10.8 Å². The summed E-state index contributed by atoms with van der Waals surface area (Å²) in [6, 6.07) is 13.6. The van der Waals surface area contributed by atoms with Crippen molar-refractivity contribution in [3.05, 3.63) is 48.0 Å². The molecule has 0 saturated heterocycles. The van der Waals surface area contributed by atoms with Gasteiger partial charge in [-0.3, -0.25) is 4.90 Å². The van der Waals surface area contributed by atoms with Crippen molar-refractivity contribution in [3.8, 4) is 0 Å². The average molecular weight is 264 g/mol. The van der Waals surface area contributed by atoms with Crippen molar-refractivity contribution in [1.29, 1.82) is 0 Å². The molecule has 2 aromatic rings. The third-order valence-corrected chi connectivity index (χ3v) is 3.18. The fourth-order valence-electron chi connectivity index (χ4n) is 2.32. The summed E-state index contributed by atoms with van der Waals surface area (Å²) in [5, 5.41) is 2.20. The molecule has 0 aliphatic carbocycles. The molecule has 1 atom stereocenters. The van der Waals surface area contributed by atoms with E-state index in [1.165, 1.54) is 0 Å². The second kappa shape index (κ2) is 6.08. The summed E-state index contributed by atoms with van der Waals surface area (Å²) in [5.41, 5.74) is 7.15. The molecule has 2 aromatic carbocycles. The zero-order valence-electron chi connectivity index (χ0n) is 10.9. The normalized spacial score (nSPS) is 13.4. The topological polar surface area (TPSA) is 29.3 Å². The van der Waals surface area contributed by atoms with Crippen LogP contribution in [0.2, 0.25) is 0 Å². The van der Waals surface area contributed by atoms with E-state index in [1.807, 2.05) is 42.5 Å². The Morgan fingerprint density at radius 2 is 1.74 bits per heavy atom. The third kappa shape index (κ3) is 3.49. The van der Waals surface area contributed by atoms with E-state index in [0.717, 1.165) is 16.3 Å². The predicted molar refractivity (Wildman–Crippen MR) is 74.4 cm³/mol. The number of rotatable bonds is 5. The van der Waals surface area contributed by atoms with Gasteiger partial charge in [0.25, 0.3) is 6.43 Å². The first-order chi connectivity index (χ1) is 9.08. The van der Waals surface area contributed by atoms with Gasteiger partial charge in [0.2, 0.25) is 0 Å². The Kier molecular flexibility index (Phi) is 4.45. The summed E-state index contributed by atoms with van der Waals surface area (Å²) in [6.45, 7) is 0.164. The Morgan fingerprint density at radius 1 is 1.05 bits per heavy atom. The maximum absolute atomic E-state index is 12.3. The number of fused-ring (bicyclic) bond motifs is 1. The van der Waals surface area contributed by atoms with E-state index in [0.29, 0.717) is 6.54 Å². The van der Waals surface area contributed by atoms with E-state index < -0.39 is 6.43 Å². The Morgan fingerprint density at radius 3 is 2.47 bits per heavy atom. The molecule has 1 unspecified atom stereocenters. The van der Waals surface area contributed by atoms with Crippen LogP contribution in [0, 0.1) is 0 Å². The Labute approximate surface area is 111 Å². The first-order valence-electron chi connectivity index (χ1n) is 6.28. The predicted octanol–water partition coefficient (Wildman–Crippen LogP) is 3.04. The molecule has 4 heteroatoms. The molecular formula is C15H18F2N2. The first-order valence-corrected chi connectivity index (χ1v) is 6.28. The molecule has 2 nitrogen and oxygen atoms in total.